The molecule has 1 aromatic heterocycles. The molecular formula is C40H50N4O8. The summed E-state index contributed by atoms with van der Waals surface area (Å²) in [6, 6.07) is 14.7. The highest BCUT2D eigenvalue weighted by Gasteiger charge is 2.61. The number of nitrogens with zero attached hydrogens (tertiary/aromatic N) is 2. The Balaban J connectivity index is 1.50. The number of amides is 3. The number of aromatic nitrogens is 1. The van der Waals surface area contributed by atoms with Gasteiger partial charge in [-0.15, -0.1) is 6.58 Å². The van der Waals surface area contributed by atoms with E-state index in [1.54, 1.807) is 20.1 Å². The third-order valence-corrected chi connectivity index (χ3v) is 10.1. The van der Waals surface area contributed by atoms with E-state index in [1.807, 2.05) is 90.1 Å². The number of methoxy groups -OCH3 is 1. The van der Waals surface area contributed by atoms with Crippen LogP contribution in [-0.4, -0.2) is 82.4 Å². The molecule has 6 atom stereocenters. The van der Waals surface area contributed by atoms with E-state index >= 15 is 0 Å². The first kappa shape index (κ1) is 38.1. The molecule has 278 valence electrons. The molecule has 1 aliphatic carbocycles. The van der Waals surface area contributed by atoms with Gasteiger partial charge >= 0.3 is 12.1 Å². The van der Waals surface area contributed by atoms with Crippen LogP contribution in [0.2, 0.25) is 0 Å². The highest BCUT2D eigenvalue weighted by atomic mass is 16.6. The summed E-state index contributed by atoms with van der Waals surface area (Å²) in [4.78, 5) is 60.3. The van der Waals surface area contributed by atoms with Gasteiger partial charge in [0.2, 0.25) is 11.8 Å². The van der Waals surface area contributed by atoms with E-state index in [1.165, 1.54) is 11.0 Å². The first-order chi connectivity index (χ1) is 24.4. The van der Waals surface area contributed by atoms with Crippen LogP contribution in [-0.2, 0) is 19.1 Å². The monoisotopic (exact) mass is 714 g/mol. The van der Waals surface area contributed by atoms with Crippen molar-refractivity contribution >= 4 is 34.8 Å². The number of carbonyl (C=O) groups excluding carboxylic acids is 3. The second-order valence-corrected chi connectivity index (χ2v) is 15.9. The number of aliphatic carboxylic acids is 1. The number of pyridine rings is 1. The molecule has 5 rings (SSSR count). The third kappa shape index (κ3) is 8.00. The molecule has 2 aliphatic rings. The van der Waals surface area contributed by atoms with Gasteiger partial charge in [-0.25, -0.2) is 14.6 Å². The van der Waals surface area contributed by atoms with Crippen molar-refractivity contribution in [2.45, 2.75) is 91.1 Å². The fourth-order valence-electron chi connectivity index (χ4n) is 6.33. The molecule has 12 heteroatoms. The lowest BCUT2D eigenvalue weighted by Gasteiger charge is -2.36. The molecule has 1 saturated carbocycles. The number of fused-ring (bicyclic) bond motifs is 1. The molecule has 2 aromatic carbocycles. The van der Waals surface area contributed by atoms with Crippen molar-refractivity contribution in [3.63, 3.8) is 0 Å². The molecule has 3 N–H and O–H groups in total. The Labute approximate surface area is 304 Å². The lowest BCUT2D eigenvalue weighted by molar-refractivity contribution is -0.146. The normalized spacial score (nSPS) is 22.5. The van der Waals surface area contributed by atoms with Crippen LogP contribution < -0.4 is 20.1 Å². The summed E-state index contributed by atoms with van der Waals surface area (Å²) in [7, 11) is 1.58. The van der Waals surface area contributed by atoms with Crippen LogP contribution in [0.15, 0.2) is 67.3 Å². The maximum atomic E-state index is 14.5. The van der Waals surface area contributed by atoms with Crippen molar-refractivity contribution in [1.29, 1.82) is 0 Å². The van der Waals surface area contributed by atoms with Gasteiger partial charge in [0, 0.05) is 35.4 Å². The van der Waals surface area contributed by atoms with Crippen molar-refractivity contribution in [2.75, 3.05) is 13.7 Å². The molecule has 0 spiro atoms. The highest BCUT2D eigenvalue weighted by molar-refractivity contribution is 5.96. The van der Waals surface area contributed by atoms with Gasteiger partial charge in [-0.1, -0.05) is 78.0 Å². The second kappa shape index (κ2) is 14.5. The summed E-state index contributed by atoms with van der Waals surface area (Å²) < 4.78 is 17.8. The number of nitrogens with one attached hydrogen (secondary N) is 2. The Morgan fingerprint density at radius 2 is 1.73 bits per heavy atom. The zero-order valence-electron chi connectivity index (χ0n) is 31.2. The predicted octanol–water partition coefficient (Wildman–Crippen LogP) is 5.98. The van der Waals surface area contributed by atoms with E-state index < -0.39 is 65.0 Å². The number of hydrogen-bond donors (Lipinski definition) is 3. The van der Waals surface area contributed by atoms with Gasteiger partial charge in [0.15, 0.2) is 0 Å². The summed E-state index contributed by atoms with van der Waals surface area (Å²) in [5, 5.41) is 16.2. The molecule has 12 nitrogen and oxygen atoms in total. The average Bonchev–Trinajstić information content (AvgIpc) is 3.65. The molecule has 1 saturated heterocycles. The minimum Gasteiger partial charge on any atom is -0.497 e. The number of carboxylic acids is 1. The number of carbonyl (C=O) groups is 4. The maximum Gasteiger partial charge on any atom is 0.408 e. The van der Waals surface area contributed by atoms with Crippen molar-refractivity contribution in [2.24, 2.45) is 16.7 Å². The molecule has 0 bridgehead atoms. The second-order valence-electron chi connectivity index (χ2n) is 15.9. The van der Waals surface area contributed by atoms with Gasteiger partial charge in [0.05, 0.1) is 24.9 Å². The molecule has 2 unspecified atom stereocenters. The largest absolute Gasteiger partial charge is 0.497 e. The lowest BCUT2D eigenvalue weighted by Crippen LogP contribution is -2.59. The number of rotatable bonds is 11. The SMILES string of the molecule is C=C[C@H]1CC1(NC(=O)[C@@H]1C[C@@H](Oc2cc(-c3ccccc3)nc3cc(OC)ccc23)CN1C(=O)[C@@H](NC(=O)OC(C)C(C)(C)C)C(C)(C)C)C(=O)O. The Morgan fingerprint density at radius 1 is 1.04 bits per heavy atom. The molecule has 3 amide bonds. The summed E-state index contributed by atoms with van der Waals surface area (Å²) >= 11 is 0. The average molecular weight is 715 g/mol. The molecule has 2 heterocycles. The van der Waals surface area contributed by atoms with Gasteiger partial charge in [0.1, 0.15) is 41.3 Å². The smallest absolute Gasteiger partial charge is 0.408 e. The van der Waals surface area contributed by atoms with Crippen LogP contribution in [0.1, 0.15) is 61.3 Å². The zero-order chi connectivity index (χ0) is 38.2. The first-order valence-corrected chi connectivity index (χ1v) is 17.5. The van der Waals surface area contributed by atoms with Gasteiger partial charge in [0.25, 0.3) is 0 Å². The van der Waals surface area contributed by atoms with E-state index in [0.29, 0.717) is 28.1 Å². The van der Waals surface area contributed by atoms with E-state index in [9.17, 15) is 24.3 Å². The molecule has 3 aromatic rings. The minimum atomic E-state index is -1.51. The van der Waals surface area contributed by atoms with E-state index in [4.69, 9.17) is 19.2 Å². The molecular weight excluding hydrogens is 664 g/mol. The van der Waals surface area contributed by atoms with Crippen molar-refractivity contribution in [3.05, 3.63) is 67.3 Å². The zero-order valence-corrected chi connectivity index (χ0v) is 31.2. The van der Waals surface area contributed by atoms with Gasteiger partial charge < -0.3 is 34.9 Å². The standard InChI is InChI=1S/C40H50N4O8/c1-10-25-21-40(25,36(47)48)43-34(45)31-19-27(22-44(31)35(46)33(39(6,7)8)42-37(49)51-23(2)38(3,4)5)52-32-20-29(24-14-12-11-13-15-24)41-30-18-26(50-9)16-17-28(30)32/h10-18,20,23,25,27,31,33H,1,19,21-22H2,2-9H3,(H,42,49)(H,43,45)(H,47,48)/t23?,25-,27+,31-,33+,40?/m0/s1. The maximum absolute atomic E-state index is 14.5. The Morgan fingerprint density at radius 3 is 2.31 bits per heavy atom. The highest BCUT2D eigenvalue weighted by Crippen LogP contribution is 2.45. The van der Waals surface area contributed by atoms with Gasteiger partial charge in [-0.3, -0.25) is 9.59 Å². The number of likely N-dealkylation sites (tertiary alicyclic amines) is 1. The summed E-state index contributed by atoms with van der Waals surface area (Å²) in [6.45, 7) is 16.7. The number of ether oxygens (including phenoxy) is 3. The fraction of sp³-hybridized carbons (Fsp3) is 0.475. The number of benzene rings is 2. The Hall–Kier alpha value is -5.13. The lowest BCUT2D eigenvalue weighted by atomic mass is 9.85. The fourth-order valence-corrected chi connectivity index (χ4v) is 6.33. The number of alkyl carbamates (subject to hydrolysis) is 1. The molecule has 1 aliphatic heterocycles. The number of carboxylic acid groups (broad SMARTS) is 1. The number of hydrogen-bond acceptors (Lipinski definition) is 8. The van der Waals surface area contributed by atoms with Crippen LogP contribution in [0.3, 0.4) is 0 Å². The van der Waals surface area contributed by atoms with E-state index in [-0.39, 0.29) is 24.8 Å². The molecule has 2 fully saturated rings. The van der Waals surface area contributed by atoms with E-state index in [2.05, 4.69) is 17.2 Å². The van der Waals surface area contributed by atoms with Crippen molar-refractivity contribution in [1.82, 2.24) is 20.5 Å². The Kier molecular flexibility index (Phi) is 10.6. The molecule has 0 radical (unpaired) electrons. The van der Waals surface area contributed by atoms with Crippen molar-refractivity contribution in [3.8, 4) is 22.8 Å². The quantitative estimate of drug-likeness (QED) is 0.203. The summed E-state index contributed by atoms with van der Waals surface area (Å²) in [5.74, 6) is -1.66. The Bertz CT molecular complexity index is 1850. The van der Waals surface area contributed by atoms with Crippen LogP contribution in [0.5, 0.6) is 11.5 Å². The summed E-state index contributed by atoms with van der Waals surface area (Å²) in [6.07, 6.45) is -0.126. The minimum absolute atomic E-state index is 0.00970. The van der Waals surface area contributed by atoms with Crippen LogP contribution in [0.4, 0.5) is 4.79 Å². The van der Waals surface area contributed by atoms with Crippen LogP contribution in [0.25, 0.3) is 22.2 Å². The van der Waals surface area contributed by atoms with Crippen molar-refractivity contribution < 1.29 is 38.5 Å². The van der Waals surface area contributed by atoms with E-state index in [0.717, 1.165) is 5.56 Å². The van der Waals surface area contributed by atoms with Gasteiger partial charge in [-0.05, 0) is 36.3 Å². The van der Waals surface area contributed by atoms with Gasteiger partial charge in [-0.2, -0.15) is 0 Å². The third-order valence-electron chi connectivity index (χ3n) is 10.1. The van der Waals surface area contributed by atoms with Crippen LogP contribution in [0, 0.1) is 16.7 Å². The summed E-state index contributed by atoms with van der Waals surface area (Å²) in [5.41, 5.74) is -0.488. The van der Waals surface area contributed by atoms with Crippen LogP contribution >= 0.6 is 0 Å². The topological polar surface area (TPSA) is 156 Å². The molecule has 52 heavy (non-hydrogen) atoms. The first-order valence-electron chi connectivity index (χ1n) is 17.5. The predicted molar refractivity (Wildman–Crippen MR) is 197 cm³/mol.